The van der Waals surface area contributed by atoms with Crippen molar-refractivity contribution in [3.8, 4) is 11.5 Å². The molecule has 4 rings (SSSR count). The van der Waals surface area contributed by atoms with Crippen LogP contribution in [-0.4, -0.2) is 19.2 Å². The second-order valence-electron chi connectivity index (χ2n) is 5.97. The van der Waals surface area contributed by atoms with Crippen LogP contribution in [0.1, 0.15) is 27.6 Å². The van der Waals surface area contributed by atoms with Gasteiger partial charge in [-0.1, -0.05) is 60.7 Å². The number of esters is 1. The second-order valence-corrected chi connectivity index (χ2v) is 5.97. The zero-order valence-corrected chi connectivity index (χ0v) is 14.1. The molecule has 0 aromatic heterocycles. The molecule has 26 heavy (non-hydrogen) atoms. The van der Waals surface area contributed by atoms with Crippen LogP contribution in [0.4, 0.5) is 0 Å². The van der Waals surface area contributed by atoms with Gasteiger partial charge in [-0.2, -0.15) is 0 Å². The molecule has 1 aliphatic rings. The second kappa shape index (κ2) is 7.31. The predicted molar refractivity (Wildman–Crippen MR) is 97.6 cm³/mol. The molecule has 0 amide bonds. The summed E-state index contributed by atoms with van der Waals surface area (Å²) in [4.78, 5) is 12.8. The number of benzene rings is 3. The van der Waals surface area contributed by atoms with Crippen LogP contribution < -0.4 is 9.47 Å². The first kappa shape index (κ1) is 16.2. The Morgan fingerprint density at radius 3 is 1.96 bits per heavy atom. The Kier molecular flexibility index (Phi) is 4.56. The van der Waals surface area contributed by atoms with Gasteiger partial charge in [-0.05, 0) is 29.3 Å². The zero-order chi connectivity index (χ0) is 17.8. The van der Waals surface area contributed by atoms with Crippen LogP contribution in [0.15, 0.2) is 78.9 Å². The molecule has 0 fully saturated rings. The van der Waals surface area contributed by atoms with Crippen molar-refractivity contribution < 1.29 is 19.0 Å². The summed E-state index contributed by atoms with van der Waals surface area (Å²) < 4.78 is 16.9. The van der Waals surface area contributed by atoms with Gasteiger partial charge in [0.2, 0.25) is 0 Å². The maximum absolute atomic E-state index is 12.8. The number of rotatable bonds is 4. The molecule has 1 heterocycles. The summed E-state index contributed by atoms with van der Waals surface area (Å²) in [6.07, 6.45) is -0.474. The predicted octanol–water partition coefficient (Wildman–Crippen LogP) is 4.40. The first-order valence-electron chi connectivity index (χ1n) is 8.52. The van der Waals surface area contributed by atoms with Crippen molar-refractivity contribution in [2.75, 3.05) is 13.2 Å². The van der Waals surface area contributed by atoms with E-state index in [0.717, 1.165) is 11.1 Å². The highest BCUT2D eigenvalue weighted by Crippen LogP contribution is 2.32. The van der Waals surface area contributed by atoms with E-state index in [1.165, 1.54) is 0 Å². The standard InChI is InChI=1S/C22H18O4/c23-22(18-11-12-19-20(15-18)25-14-13-24-19)26-21(16-7-3-1-4-8-16)17-9-5-2-6-10-17/h1-12,15,21H,13-14H2. The van der Waals surface area contributed by atoms with E-state index in [9.17, 15) is 4.79 Å². The fourth-order valence-electron chi connectivity index (χ4n) is 2.93. The third kappa shape index (κ3) is 3.40. The van der Waals surface area contributed by atoms with Crippen molar-refractivity contribution >= 4 is 5.97 Å². The number of fused-ring (bicyclic) bond motifs is 1. The highest BCUT2D eigenvalue weighted by Gasteiger charge is 2.21. The van der Waals surface area contributed by atoms with Crippen LogP contribution in [0.3, 0.4) is 0 Å². The number of carbonyl (C=O) groups excluding carboxylic acids is 1. The molecule has 0 bridgehead atoms. The molecule has 0 N–H and O–H groups in total. The van der Waals surface area contributed by atoms with Gasteiger partial charge in [0, 0.05) is 0 Å². The van der Waals surface area contributed by atoms with Crippen molar-refractivity contribution in [3.63, 3.8) is 0 Å². The van der Waals surface area contributed by atoms with Gasteiger partial charge in [0.05, 0.1) is 5.56 Å². The van der Waals surface area contributed by atoms with Crippen LogP contribution in [0.25, 0.3) is 0 Å². The Bertz CT molecular complexity index is 851. The zero-order valence-electron chi connectivity index (χ0n) is 14.1. The monoisotopic (exact) mass is 346 g/mol. The molecule has 4 heteroatoms. The maximum atomic E-state index is 12.8. The van der Waals surface area contributed by atoms with Gasteiger partial charge in [-0.15, -0.1) is 0 Å². The quantitative estimate of drug-likeness (QED) is 0.657. The smallest absolute Gasteiger partial charge is 0.339 e. The summed E-state index contributed by atoms with van der Waals surface area (Å²) in [5, 5.41) is 0. The highest BCUT2D eigenvalue weighted by molar-refractivity contribution is 5.90. The van der Waals surface area contributed by atoms with Gasteiger partial charge in [-0.25, -0.2) is 4.79 Å². The molecule has 0 unspecified atom stereocenters. The van der Waals surface area contributed by atoms with E-state index >= 15 is 0 Å². The Hall–Kier alpha value is -3.27. The summed E-state index contributed by atoms with van der Waals surface area (Å²) in [6.45, 7) is 0.989. The van der Waals surface area contributed by atoms with Crippen LogP contribution in [0, 0.1) is 0 Å². The highest BCUT2D eigenvalue weighted by atomic mass is 16.6. The molecule has 1 aliphatic heterocycles. The Morgan fingerprint density at radius 1 is 0.769 bits per heavy atom. The van der Waals surface area contributed by atoms with E-state index in [-0.39, 0.29) is 0 Å². The molecule has 3 aromatic rings. The Morgan fingerprint density at radius 2 is 1.35 bits per heavy atom. The minimum atomic E-state index is -0.474. The maximum Gasteiger partial charge on any atom is 0.339 e. The Balaban J connectivity index is 1.62. The lowest BCUT2D eigenvalue weighted by molar-refractivity contribution is 0.0377. The van der Waals surface area contributed by atoms with Crippen molar-refractivity contribution in [1.82, 2.24) is 0 Å². The molecular weight excluding hydrogens is 328 g/mol. The van der Waals surface area contributed by atoms with Crippen LogP contribution >= 0.6 is 0 Å². The average molecular weight is 346 g/mol. The fourth-order valence-corrected chi connectivity index (χ4v) is 2.93. The number of carbonyl (C=O) groups is 1. The van der Waals surface area contributed by atoms with Crippen molar-refractivity contribution in [1.29, 1.82) is 0 Å². The number of hydrogen-bond acceptors (Lipinski definition) is 4. The Labute approximate surface area is 152 Å². The van der Waals surface area contributed by atoms with Crippen LogP contribution in [0.2, 0.25) is 0 Å². The summed E-state index contributed by atoms with van der Waals surface area (Å²) in [7, 11) is 0. The van der Waals surface area contributed by atoms with Crippen molar-refractivity contribution in [2.24, 2.45) is 0 Å². The average Bonchev–Trinajstić information content (AvgIpc) is 2.72. The van der Waals surface area contributed by atoms with Crippen LogP contribution in [-0.2, 0) is 4.74 Å². The molecule has 0 saturated heterocycles. The molecule has 0 spiro atoms. The summed E-state index contributed by atoms with van der Waals surface area (Å²) in [5.74, 6) is 0.817. The largest absolute Gasteiger partial charge is 0.486 e. The van der Waals surface area contributed by atoms with E-state index in [0.29, 0.717) is 30.3 Å². The van der Waals surface area contributed by atoms with Gasteiger partial charge in [0.1, 0.15) is 13.2 Å². The summed E-state index contributed by atoms with van der Waals surface area (Å²) in [6, 6.07) is 24.5. The van der Waals surface area contributed by atoms with Gasteiger partial charge < -0.3 is 14.2 Å². The molecule has 0 aliphatic carbocycles. The lowest BCUT2D eigenvalue weighted by atomic mass is 10.0. The van der Waals surface area contributed by atoms with E-state index < -0.39 is 12.1 Å². The fraction of sp³-hybridized carbons (Fsp3) is 0.136. The first-order chi connectivity index (χ1) is 12.8. The molecule has 4 nitrogen and oxygen atoms in total. The van der Waals surface area contributed by atoms with Gasteiger partial charge in [0.25, 0.3) is 0 Å². The normalized spacial score (nSPS) is 12.7. The minimum absolute atomic E-state index is 0.403. The molecular formula is C22H18O4. The third-order valence-electron chi connectivity index (χ3n) is 4.21. The number of hydrogen-bond donors (Lipinski definition) is 0. The number of ether oxygens (including phenoxy) is 3. The van der Waals surface area contributed by atoms with E-state index in [2.05, 4.69) is 0 Å². The molecule has 130 valence electrons. The van der Waals surface area contributed by atoms with Gasteiger partial charge in [0.15, 0.2) is 17.6 Å². The summed E-state index contributed by atoms with van der Waals surface area (Å²) >= 11 is 0. The van der Waals surface area contributed by atoms with Crippen LogP contribution in [0.5, 0.6) is 11.5 Å². The molecule has 0 saturated carbocycles. The van der Waals surface area contributed by atoms with E-state index in [1.807, 2.05) is 60.7 Å². The van der Waals surface area contributed by atoms with Gasteiger partial charge >= 0.3 is 5.97 Å². The topological polar surface area (TPSA) is 44.8 Å². The SMILES string of the molecule is O=C(OC(c1ccccc1)c1ccccc1)c1ccc2c(c1)OCCO2. The van der Waals surface area contributed by atoms with E-state index in [4.69, 9.17) is 14.2 Å². The molecule has 3 aromatic carbocycles. The van der Waals surface area contributed by atoms with Gasteiger partial charge in [-0.3, -0.25) is 0 Å². The lowest BCUT2D eigenvalue weighted by Gasteiger charge is -2.21. The van der Waals surface area contributed by atoms with Crippen molar-refractivity contribution in [3.05, 3.63) is 95.6 Å². The summed E-state index contributed by atoms with van der Waals surface area (Å²) in [5.41, 5.74) is 2.28. The molecule has 0 atom stereocenters. The lowest BCUT2D eigenvalue weighted by Crippen LogP contribution is -2.17. The molecule has 0 radical (unpaired) electrons. The third-order valence-corrected chi connectivity index (χ3v) is 4.21. The van der Waals surface area contributed by atoms with Crippen molar-refractivity contribution in [2.45, 2.75) is 6.10 Å². The first-order valence-corrected chi connectivity index (χ1v) is 8.52. The minimum Gasteiger partial charge on any atom is -0.486 e. The van der Waals surface area contributed by atoms with E-state index in [1.54, 1.807) is 18.2 Å².